The number of benzene rings is 5. The van der Waals surface area contributed by atoms with Gasteiger partial charge in [0.15, 0.2) is 0 Å². The first kappa shape index (κ1) is 114. The number of carbonyl (C=O) groups is 8. The van der Waals surface area contributed by atoms with E-state index in [1.54, 1.807) is 74.5 Å². The van der Waals surface area contributed by atoms with Gasteiger partial charge in [-0.15, -0.1) is 12.8 Å². The minimum Gasteiger partial charge on any atom is -0.507 e. The van der Waals surface area contributed by atoms with Gasteiger partial charge in [-0.25, -0.2) is 50.9 Å². The summed E-state index contributed by atoms with van der Waals surface area (Å²) in [7, 11) is -10.0. The van der Waals surface area contributed by atoms with E-state index in [-0.39, 0.29) is 112 Å². The summed E-state index contributed by atoms with van der Waals surface area (Å²) >= 11 is 11.2. The van der Waals surface area contributed by atoms with Gasteiger partial charge in [0.2, 0.25) is 0 Å². The number of alkyl carbamates (subject to hydrolysis) is 3. The van der Waals surface area contributed by atoms with Crippen LogP contribution in [0.5, 0.6) is 17.2 Å². The van der Waals surface area contributed by atoms with Crippen LogP contribution in [0.25, 0.3) is 0 Å². The number of phenols is 3. The van der Waals surface area contributed by atoms with Gasteiger partial charge in [-0.1, -0.05) is 72.8 Å². The predicted molar refractivity (Wildman–Crippen MR) is 417 cm³/mol. The maximum absolute atomic E-state index is 11.5. The number of carbonyl (C=O) groups excluding carboxylic acids is 5. The van der Waals surface area contributed by atoms with Gasteiger partial charge >= 0.3 is 89.7 Å². The average molecular weight is 1710 g/mol. The Labute approximate surface area is 659 Å². The molecule has 0 fully saturated rings. The van der Waals surface area contributed by atoms with E-state index in [0.717, 1.165) is 5.56 Å². The zero-order valence-electron chi connectivity index (χ0n) is 63.8. The minimum atomic E-state index is -4.67. The number of carboxylic acids is 3. The number of hydrogen-bond donors (Lipinski definition) is 17. The molecule has 16 N–H and O–H groups in total. The molecule has 5 aromatic carbocycles. The molecule has 110 heavy (non-hydrogen) atoms. The Morgan fingerprint density at radius 2 is 0.627 bits per heavy atom. The van der Waals surface area contributed by atoms with Crippen LogP contribution in [0.1, 0.15) is 127 Å². The minimum absolute atomic E-state index is 0.0671. The van der Waals surface area contributed by atoms with Crippen molar-refractivity contribution in [2.24, 2.45) is 11.5 Å². The summed E-state index contributed by atoms with van der Waals surface area (Å²) in [5.74, 6) is -5.39. The topological polar surface area (TPSA) is 617 Å². The van der Waals surface area contributed by atoms with Crippen LogP contribution in [-0.2, 0) is 76.7 Å². The lowest BCUT2D eigenvalue weighted by Crippen LogP contribution is -2.30. The van der Waals surface area contributed by atoms with Crippen molar-refractivity contribution in [2.75, 3.05) is 72.3 Å². The highest BCUT2D eigenvalue weighted by Gasteiger charge is 2.23. The largest absolute Gasteiger partial charge is 0.507 e. The molecule has 0 atom stereocenters. The maximum atomic E-state index is 11.5. The predicted octanol–water partition coefficient (Wildman–Crippen LogP) is 7.86. The normalized spacial score (nSPS) is 10.2. The fraction of sp³-hybridized carbons (Fsp3) is 0.385. The molecule has 0 saturated heterocycles. The van der Waals surface area contributed by atoms with Crippen LogP contribution in [0.2, 0.25) is 0 Å². The van der Waals surface area contributed by atoms with Crippen LogP contribution >= 0.6 is 37.9 Å². The summed E-state index contributed by atoms with van der Waals surface area (Å²) in [5.41, 5.74) is 9.43. The van der Waals surface area contributed by atoms with E-state index >= 15 is 0 Å². The van der Waals surface area contributed by atoms with E-state index in [4.69, 9.17) is 63.2 Å². The van der Waals surface area contributed by atoms with Crippen LogP contribution < -0.4 is 27.4 Å². The van der Waals surface area contributed by atoms with Gasteiger partial charge < -0.3 is 80.6 Å². The molecule has 45 heteroatoms. The molecule has 38 nitrogen and oxygen atoms in total. The average Bonchev–Trinajstić information content (AvgIpc) is 0.861. The molecule has 0 saturated carbocycles. The summed E-state index contributed by atoms with van der Waals surface area (Å²) in [6, 6.07) is 30.4. The van der Waals surface area contributed by atoms with E-state index < -0.39 is 71.4 Å². The number of ether oxygens (including phenoxy) is 3. The van der Waals surface area contributed by atoms with Crippen LogP contribution in [0.3, 0.4) is 0 Å². The van der Waals surface area contributed by atoms with Crippen LogP contribution in [0, 0.1) is 26.7 Å². The molecular formula is C65H101N5O33S7. The first-order valence-electron chi connectivity index (χ1n) is 30.7. The maximum Gasteiger partial charge on any atom is 0.451 e. The molecule has 0 aliphatic heterocycles. The number of carboxylic acid groups (broad SMARTS) is 3. The summed E-state index contributed by atoms with van der Waals surface area (Å²) in [4.78, 5) is 85.4. The molecule has 5 rings (SSSR count). The van der Waals surface area contributed by atoms with E-state index in [9.17, 15) is 68.7 Å². The van der Waals surface area contributed by atoms with E-state index in [1.165, 1.54) is 96.2 Å². The molecule has 0 spiro atoms. The number of hydrogen-bond acceptors (Lipinski definition) is 32. The summed E-state index contributed by atoms with van der Waals surface area (Å²) in [6.45, 7) is 19.4. The number of amides is 3. The van der Waals surface area contributed by atoms with Crippen molar-refractivity contribution in [3.05, 3.63) is 160 Å². The number of phenolic OH excluding ortho intramolecular Hbond substituents is 1. The van der Waals surface area contributed by atoms with Crippen molar-refractivity contribution in [3.8, 4) is 30.1 Å². The molecule has 0 aliphatic rings. The molecule has 0 unspecified atom stereocenters. The molecule has 0 radical (unpaired) electrons. The molecule has 3 amide bonds. The monoisotopic (exact) mass is 1700 g/mol. The Morgan fingerprint density at radius 1 is 0.418 bits per heavy atom. The van der Waals surface area contributed by atoms with Gasteiger partial charge in [0.25, 0.3) is 0 Å². The standard InChI is InChI=1S/C10H12O5S2.C9H10O6S2.C8H8O2.2C7H6O3.3C6H13NO2.C2H6O4S2.C2H2.2CH5N.H2O4S/c1-8-4-2-3-5-9(8)10(11)15-17(12,13)14-6-7-16;10-8-4-2-1-3-7(8)9(11)15-17(12,13)14-5-6-16;1-6-4-2-3-5-7(6)8(9)10;2*8-6-4-2-1-3-5(6)7(9)10;3*1-6(2,3)9-5(8)7-4;3-8(4,5)6-1-2-7;3*1-2;1-5(2,3)4/h2-5,16H,6-7H2,1H3;1-4,10,16H,5-6H2;2-5H,1H3,(H,9,10);2*1-4,8H,(H,9,10);3*1-4H3,(H,7,8);7H,1-2H2,(H,3,4,5);1-2H;2*2H2,1H3;(H2,1,2,3,4)/i;;;;;;;;;1D;;;. The molecule has 0 bridgehead atoms. The Morgan fingerprint density at radius 3 is 0.800 bits per heavy atom. The number of rotatable bonds is 16. The number of aryl methyl sites for hydroxylation is 2. The number of thiol groups is 3. The molecule has 0 aromatic heterocycles. The summed E-state index contributed by atoms with van der Waals surface area (Å²) < 4.78 is 145. The number of aromatic hydroxyl groups is 3. The fourth-order valence-corrected chi connectivity index (χ4v) is 7.46. The highest BCUT2D eigenvalue weighted by Crippen LogP contribution is 2.19. The van der Waals surface area contributed by atoms with Crippen molar-refractivity contribution in [3.63, 3.8) is 0 Å². The first-order valence-corrected chi connectivity index (χ1v) is 37.5. The Kier molecular flexibility index (Phi) is 65.9. The zero-order valence-corrected chi connectivity index (χ0v) is 68.8. The van der Waals surface area contributed by atoms with Gasteiger partial charge in [-0.3, -0.25) is 13.7 Å². The van der Waals surface area contributed by atoms with Crippen LogP contribution in [0.4, 0.5) is 14.4 Å². The highest BCUT2D eigenvalue weighted by molar-refractivity contribution is 7.83. The van der Waals surface area contributed by atoms with Crippen molar-refractivity contribution < 1.29 is 153 Å². The smallest absolute Gasteiger partial charge is 0.451 e. The number of para-hydroxylation sites is 3. The molecule has 5 aromatic rings. The van der Waals surface area contributed by atoms with Crippen molar-refractivity contribution in [1.82, 2.24) is 16.0 Å². The summed E-state index contributed by atoms with van der Waals surface area (Å²) in [6.07, 6.45) is 4.60. The second-order valence-corrected chi connectivity index (χ2v) is 27.2. The third kappa shape index (κ3) is 75.6. The quantitative estimate of drug-likeness (QED) is 0.0193. The number of nitrogens with one attached hydrogen (secondary N) is 3. The third-order valence-corrected chi connectivity index (χ3v) is 11.9. The van der Waals surface area contributed by atoms with Crippen molar-refractivity contribution in [2.45, 2.75) is 93.0 Å². The molecule has 0 aliphatic carbocycles. The van der Waals surface area contributed by atoms with Gasteiger partial charge in [-0.05, 0) is 150 Å². The van der Waals surface area contributed by atoms with Gasteiger partial charge in [0.05, 0.1) is 30.9 Å². The van der Waals surface area contributed by atoms with Crippen LogP contribution in [-0.4, -0.2) is 215 Å². The highest BCUT2D eigenvalue weighted by atomic mass is 32.3. The van der Waals surface area contributed by atoms with Crippen molar-refractivity contribution in [1.29, 1.82) is 0 Å². The summed E-state index contributed by atoms with van der Waals surface area (Å²) in [5, 5.41) is 59.6. The van der Waals surface area contributed by atoms with Gasteiger partial charge in [0.1, 0.15) is 52.1 Å². The van der Waals surface area contributed by atoms with Gasteiger partial charge in [0, 0.05) is 38.4 Å². The number of terminal acetylenes is 1. The Bertz CT molecular complexity index is 3740. The molecular weight excluding hydrogens is 1600 g/mol. The lowest BCUT2D eigenvalue weighted by molar-refractivity contribution is 0.0530. The lowest BCUT2D eigenvalue weighted by Gasteiger charge is -2.18. The fourth-order valence-electron chi connectivity index (χ4n) is 5.30. The van der Waals surface area contributed by atoms with E-state index in [1.807, 2.05) is 68.4 Å². The molecule has 0 heterocycles. The number of nitrogens with two attached hydrogens (primary N) is 2. The Balaban J connectivity index is -0.000000178. The lowest BCUT2D eigenvalue weighted by atomic mass is 10.1. The van der Waals surface area contributed by atoms with Crippen molar-refractivity contribution >= 4 is 128 Å². The molecule has 626 valence electrons. The second-order valence-electron chi connectivity index (χ2n) is 21.4. The third-order valence-electron chi connectivity index (χ3n) is 9.26. The SMILES string of the molecule is CN.CN.CNC(=O)OC(C)(C)C.CNC(=O)OC(C)(C)C.CNC(=O)OC(C)(C)C.Cc1ccccc1C(=O)O.Cc1ccccc1C(=O)OS(=O)(=O)OCCS.O=C(O)c1ccccc1O.O=C(O)c1ccccc1O.O=C(OS(=O)(=O)OCCS)c1ccccc1O.O=S(=O)(O)O.O=S(=O)(O)OCCS.[2H]C#C. The van der Waals surface area contributed by atoms with Gasteiger partial charge in [-0.2, -0.15) is 71.6 Å². The van der Waals surface area contributed by atoms with Crippen LogP contribution in [0.15, 0.2) is 121 Å². The zero-order chi connectivity index (χ0) is 88.8. The number of aromatic carboxylic acids is 3. The van der Waals surface area contributed by atoms with E-state index in [2.05, 4.69) is 92.6 Å². The first-order chi connectivity index (χ1) is 50.9. The van der Waals surface area contributed by atoms with E-state index in [0.29, 0.717) is 11.1 Å². The Hall–Kier alpha value is -9.25. The second kappa shape index (κ2) is 63.5.